The fourth-order valence-corrected chi connectivity index (χ4v) is 2.76. The standard InChI is InChI=1S/C10H11ClN2O2/c1-5-3-7-4-12-10(11)8(7)6(2)9(5)13(14)15/h3,7-8H,4H2,1-2H3. The second kappa shape index (κ2) is 3.45. The second-order valence-electron chi connectivity index (χ2n) is 3.94. The minimum atomic E-state index is -0.333. The second-order valence-corrected chi connectivity index (χ2v) is 4.33. The molecular formula is C10H11ClN2O2. The van der Waals surface area contributed by atoms with Gasteiger partial charge < -0.3 is 0 Å². The van der Waals surface area contributed by atoms with Crippen LogP contribution in [-0.2, 0) is 0 Å². The van der Waals surface area contributed by atoms with Crippen molar-refractivity contribution in [2.24, 2.45) is 16.8 Å². The first-order valence-corrected chi connectivity index (χ1v) is 5.14. The lowest BCUT2D eigenvalue weighted by Crippen LogP contribution is -2.23. The highest BCUT2D eigenvalue weighted by molar-refractivity contribution is 6.66. The third-order valence-corrected chi connectivity index (χ3v) is 3.35. The average Bonchev–Trinajstić information content (AvgIpc) is 2.46. The van der Waals surface area contributed by atoms with E-state index in [2.05, 4.69) is 4.99 Å². The maximum atomic E-state index is 10.9. The molecule has 80 valence electrons. The number of halogens is 1. The summed E-state index contributed by atoms with van der Waals surface area (Å²) < 4.78 is 0. The van der Waals surface area contributed by atoms with Crippen molar-refractivity contribution >= 4 is 16.8 Å². The molecule has 0 bridgehead atoms. The number of fused-ring (bicyclic) bond motifs is 1. The smallest absolute Gasteiger partial charge is 0.271 e. The Hall–Kier alpha value is -1.16. The van der Waals surface area contributed by atoms with Gasteiger partial charge in [0.05, 0.1) is 4.92 Å². The number of hydrogen-bond acceptors (Lipinski definition) is 3. The Morgan fingerprint density at radius 2 is 2.27 bits per heavy atom. The summed E-state index contributed by atoms with van der Waals surface area (Å²) >= 11 is 5.96. The van der Waals surface area contributed by atoms with E-state index in [-0.39, 0.29) is 22.5 Å². The Balaban J connectivity index is 2.50. The summed E-state index contributed by atoms with van der Waals surface area (Å²) in [6, 6.07) is 0. The summed E-state index contributed by atoms with van der Waals surface area (Å²) in [4.78, 5) is 14.7. The molecule has 1 aliphatic carbocycles. The number of aliphatic imine (C=N–C) groups is 1. The van der Waals surface area contributed by atoms with Gasteiger partial charge in [0, 0.05) is 29.5 Å². The SMILES string of the molecule is CC1=CC2CN=C(Cl)C2C(C)=C1[N+](=O)[O-]. The van der Waals surface area contributed by atoms with Crippen molar-refractivity contribution in [2.45, 2.75) is 13.8 Å². The molecule has 0 amide bonds. The van der Waals surface area contributed by atoms with Crippen molar-refractivity contribution in [3.8, 4) is 0 Å². The molecular weight excluding hydrogens is 216 g/mol. The first-order valence-electron chi connectivity index (χ1n) is 4.76. The Morgan fingerprint density at radius 3 is 2.87 bits per heavy atom. The van der Waals surface area contributed by atoms with Gasteiger partial charge in [-0.2, -0.15) is 0 Å². The Morgan fingerprint density at radius 1 is 1.60 bits per heavy atom. The molecule has 0 aromatic rings. The van der Waals surface area contributed by atoms with Gasteiger partial charge in [0.1, 0.15) is 5.17 Å². The maximum absolute atomic E-state index is 10.9. The zero-order valence-corrected chi connectivity index (χ0v) is 9.28. The van der Waals surface area contributed by atoms with Crippen molar-refractivity contribution in [2.75, 3.05) is 6.54 Å². The Labute approximate surface area is 92.5 Å². The van der Waals surface area contributed by atoms with Gasteiger partial charge in [0.2, 0.25) is 0 Å². The molecule has 0 saturated heterocycles. The summed E-state index contributed by atoms with van der Waals surface area (Å²) in [5, 5.41) is 11.4. The molecule has 0 N–H and O–H groups in total. The van der Waals surface area contributed by atoms with E-state index in [0.717, 1.165) is 11.1 Å². The van der Waals surface area contributed by atoms with Gasteiger partial charge in [-0.05, 0) is 13.8 Å². The predicted octanol–water partition coefficient (Wildman–Crippen LogP) is 2.38. The van der Waals surface area contributed by atoms with Crippen LogP contribution >= 0.6 is 11.6 Å². The van der Waals surface area contributed by atoms with Crippen LogP contribution in [0, 0.1) is 22.0 Å². The number of rotatable bonds is 1. The minimum absolute atomic E-state index is 0.0734. The molecule has 1 heterocycles. The van der Waals surface area contributed by atoms with Gasteiger partial charge >= 0.3 is 0 Å². The largest absolute Gasteiger partial charge is 0.276 e. The molecule has 0 spiro atoms. The van der Waals surface area contributed by atoms with Gasteiger partial charge in [-0.15, -0.1) is 0 Å². The van der Waals surface area contributed by atoms with Gasteiger partial charge in [-0.25, -0.2) is 0 Å². The first-order chi connectivity index (χ1) is 7.02. The number of nitrogens with zero attached hydrogens (tertiary/aromatic N) is 2. The minimum Gasteiger partial charge on any atom is -0.276 e. The van der Waals surface area contributed by atoms with Gasteiger partial charge in [-0.1, -0.05) is 17.7 Å². The molecule has 2 rings (SSSR count). The molecule has 2 unspecified atom stereocenters. The average molecular weight is 227 g/mol. The van der Waals surface area contributed by atoms with E-state index in [1.165, 1.54) is 0 Å². The van der Waals surface area contributed by atoms with E-state index in [0.29, 0.717) is 11.7 Å². The first kappa shape index (κ1) is 10.4. The van der Waals surface area contributed by atoms with Crippen LogP contribution in [0.5, 0.6) is 0 Å². The quantitative estimate of drug-likeness (QED) is 0.509. The van der Waals surface area contributed by atoms with Gasteiger partial charge in [0.15, 0.2) is 0 Å². The van der Waals surface area contributed by atoms with E-state index in [1.54, 1.807) is 13.8 Å². The van der Waals surface area contributed by atoms with Crippen LogP contribution in [-0.4, -0.2) is 16.6 Å². The molecule has 5 heteroatoms. The Kier molecular flexibility index (Phi) is 2.38. The summed E-state index contributed by atoms with van der Waals surface area (Å²) in [7, 11) is 0. The highest BCUT2D eigenvalue weighted by atomic mass is 35.5. The number of nitro groups is 1. The zero-order chi connectivity index (χ0) is 11.2. The van der Waals surface area contributed by atoms with Crippen molar-refractivity contribution in [3.63, 3.8) is 0 Å². The molecule has 2 aliphatic rings. The van der Waals surface area contributed by atoms with Crippen LogP contribution in [0.2, 0.25) is 0 Å². The van der Waals surface area contributed by atoms with Crippen LogP contribution in [0.3, 0.4) is 0 Å². The summed E-state index contributed by atoms with van der Waals surface area (Å²) in [5.74, 6) is 0.136. The van der Waals surface area contributed by atoms with Crippen molar-refractivity contribution in [3.05, 3.63) is 33.0 Å². The van der Waals surface area contributed by atoms with Crippen LogP contribution in [0.4, 0.5) is 0 Å². The molecule has 0 radical (unpaired) electrons. The van der Waals surface area contributed by atoms with E-state index in [4.69, 9.17) is 11.6 Å². The van der Waals surface area contributed by atoms with E-state index in [9.17, 15) is 10.1 Å². The summed E-state index contributed by atoms with van der Waals surface area (Å²) in [6.45, 7) is 4.18. The van der Waals surface area contributed by atoms with E-state index in [1.807, 2.05) is 6.08 Å². The Bertz CT molecular complexity index is 423. The van der Waals surface area contributed by atoms with Crippen molar-refractivity contribution < 1.29 is 4.92 Å². The van der Waals surface area contributed by atoms with Gasteiger partial charge in [-0.3, -0.25) is 15.1 Å². The van der Waals surface area contributed by atoms with E-state index < -0.39 is 0 Å². The fraction of sp³-hybridized carbons (Fsp3) is 0.500. The zero-order valence-electron chi connectivity index (χ0n) is 8.53. The molecule has 0 saturated carbocycles. The van der Waals surface area contributed by atoms with Crippen molar-refractivity contribution in [1.82, 2.24) is 0 Å². The molecule has 15 heavy (non-hydrogen) atoms. The molecule has 0 fully saturated rings. The van der Waals surface area contributed by atoms with Crippen LogP contribution in [0.25, 0.3) is 0 Å². The summed E-state index contributed by atoms with van der Waals surface area (Å²) in [6.07, 6.45) is 1.91. The molecule has 0 aromatic carbocycles. The normalized spacial score (nSPS) is 29.8. The van der Waals surface area contributed by atoms with Crippen LogP contribution in [0.1, 0.15) is 13.8 Å². The molecule has 0 aromatic heterocycles. The van der Waals surface area contributed by atoms with Crippen molar-refractivity contribution in [1.29, 1.82) is 0 Å². The topological polar surface area (TPSA) is 55.5 Å². The third kappa shape index (κ3) is 1.49. The maximum Gasteiger partial charge on any atom is 0.271 e. The highest BCUT2D eigenvalue weighted by Crippen LogP contribution is 2.39. The highest BCUT2D eigenvalue weighted by Gasteiger charge is 2.39. The summed E-state index contributed by atoms with van der Waals surface area (Å²) in [5.41, 5.74) is 1.66. The predicted molar refractivity (Wildman–Crippen MR) is 58.6 cm³/mol. The lowest BCUT2D eigenvalue weighted by atomic mass is 9.81. The molecule has 4 nitrogen and oxygen atoms in total. The lowest BCUT2D eigenvalue weighted by Gasteiger charge is -2.22. The molecule has 2 atom stereocenters. The fourth-order valence-electron chi connectivity index (χ4n) is 2.37. The third-order valence-electron chi connectivity index (χ3n) is 3.00. The van der Waals surface area contributed by atoms with Crippen LogP contribution in [0.15, 0.2) is 27.9 Å². The lowest BCUT2D eigenvalue weighted by molar-refractivity contribution is -0.422. The number of hydrogen-bond donors (Lipinski definition) is 0. The van der Waals surface area contributed by atoms with Gasteiger partial charge in [0.25, 0.3) is 5.70 Å². The van der Waals surface area contributed by atoms with E-state index >= 15 is 0 Å². The van der Waals surface area contributed by atoms with Crippen LogP contribution < -0.4 is 0 Å². The molecule has 1 aliphatic heterocycles. The monoisotopic (exact) mass is 226 g/mol. The number of allylic oxidation sites excluding steroid dienone is 2.